The Kier molecular flexibility index (Phi) is 8.57. The van der Waals surface area contributed by atoms with Gasteiger partial charge in [-0.3, -0.25) is 4.79 Å². The first-order valence-electron chi connectivity index (χ1n) is 8.73. The van der Waals surface area contributed by atoms with E-state index in [1.165, 1.54) is 6.07 Å². The zero-order valence-electron chi connectivity index (χ0n) is 15.7. The van der Waals surface area contributed by atoms with Gasteiger partial charge in [-0.15, -0.1) is 0 Å². The molecule has 0 saturated carbocycles. The Morgan fingerprint density at radius 1 is 0.893 bits per heavy atom. The van der Waals surface area contributed by atoms with E-state index < -0.39 is 17.2 Å². The van der Waals surface area contributed by atoms with Crippen LogP contribution < -0.4 is 49.6 Å². The van der Waals surface area contributed by atoms with Gasteiger partial charge in [0.05, 0.1) is 18.6 Å². The van der Waals surface area contributed by atoms with Gasteiger partial charge in [0.2, 0.25) is 0 Å². The number of carbonyl (C=O) groups is 1. The van der Waals surface area contributed by atoms with Crippen LogP contribution in [0.3, 0.4) is 0 Å². The van der Waals surface area contributed by atoms with Crippen LogP contribution in [0.4, 0.5) is 0 Å². The van der Waals surface area contributed by atoms with Gasteiger partial charge in [0.25, 0.3) is 0 Å². The van der Waals surface area contributed by atoms with Crippen LogP contribution in [0.15, 0.2) is 63.8 Å². The molecule has 3 aromatic rings. The summed E-state index contributed by atoms with van der Waals surface area (Å²) >= 11 is 0. The van der Waals surface area contributed by atoms with Crippen LogP contribution in [-0.2, 0) is 0 Å². The van der Waals surface area contributed by atoms with E-state index in [9.17, 15) is 14.7 Å². The van der Waals surface area contributed by atoms with Crippen molar-refractivity contribution in [3.05, 3.63) is 70.6 Å². The van der Waals surface area contributed by atoms with Crippen molar-refractivity contribution >= 4 is 16.9 Å². The van der Waals surface area contributed by atoms with E-state index in [-0.39, 0.29) is 40.5 Å². The van der Waals surface area contributed by atoms with E-state index in [1.807, 2.05) is 30.3 Å². The summed E-state index contributed by atoms with van der Waals surface area (Å²) in [6.45, 7) is 1.17. The number of carboxylic acid groups (broad SMARTS) is 1. The molecule has 140 valence electrons. The molecule has 0 aliphatic rings. The maximum atomic E-state index is 12.0. The summed E-state index contributed by atoms with van der Waals surface area (Å²) in [5.41, 5.74) is -0.258. The average Bonchev–Trinajstić information content (AvgIpc) is 2.68. The SMILES string of the molecule is O=C([O-])c1cc(=O)c2cc(OCCCCCOc3ccccc3)ccc2o1.[Na+]. The maximum Gasteiger partial charge on any atom is 1.00 e. The summed E-state index contributed by atoms with van der Waals surface area (Å²) in [5.74, 6) is -0.605. The molecule has 0 fully saturated rings. The first-order chi connectivity index (χ1) is 13.1. The van der Waals surface area contributed by atoms with Crippen LogP contribution in [0.5, 0.6) is 11.5 Å². The predicted octanol–water partition coefficient (Wildman–Crippen LogP) is -0.211. The van der Waals surface area contributed by atoms with Crippen LogP contribution in [-0.4, -0.2) is 19.2 Å². The second-order valence-corrected chi connectivity index (χ2v) is 5.99. The molecular formula is C21H19NaO6. The number of fused-ring (bicyclic) bond motifs is 1. The van der Waals surface area contributed by atoms with Gasteiger partial charge < -0.3 is 23.8 Å². The summed E-state index contributed by atoms with van der Waals surface area (Å²) in [6.07, 6.45) is 2.73. The van der Waals surface area contributed by atoms with Crippen LogP contribution in [0.1, 0.15) is 29.8 Å². The third-order valence-electron chi connectivity index (χ3n) is 3.97. The molecule has 7 heteroatoms. The minimum absolute atomic E-state index is 0. The van der Waals surface area contributed by atoms with E-state index in [1.54, 1.807) is 12.1 Å². The average molecular weight is 390 g/mol. The molecule has 0 amide bonds. The molecule has 6 nitrogen and oxygen atoms in total. The number of hydrogen-bond donors (Lipinski definition) is 0. The van der Waals surface area contributed by atoms with Gasteiger partial charge in [-0.1, -0.05) is 18.2 Å². The fourth-order valence-electron chi connectivity index (χ4n) is 2.60. The fourth-order valence-corrected chi connectivity index (χ4v) is 2.60. The van der Waals surface area contributed by atoms with Crippen molar-refractivity contribution in [2.24, 2.45) is 0 Å². The van der Waals surface area contributed by atoms with Gasteiger partial charge >= 0.3 is 29.6 Å². The van der Waals surface area contributed by atoms with Crippen LogP contribution >= 0.6 is 0 Å². The molecule has 0 radical (unpaired) electrons. The summed E-state index contributed by atoms with van der Waals surface area (Å²) < 4.78 is 16.4. The van der Waals surface area contributed by atoms with Crippen molar-refractivity contribution in [2.75, 3.05) is 13.2 Å². The van der Waals surface area contributed by atoms with E-state index in [0.717, 1.165) is 31.1 Å². The molecule has 1 heterocycles. The molecule has 0 saturated heterocycles. The molecule has 0 N–H and O–H groups in total. The predicted molar refractivity (Wildman–Crippen MR) is 98.1 cm³/mol. The zero-order chi connectivity index (χ0) is 19.1. The summed E-state index contributed by atoms with van der Waals surface area (Å²) in [6, 6.07) is 15.3. The van der Waals surface area contributed by atoms with E-state index in [4.69, 9.17) is 13.9 Å². The topological polar surface area (TPSA) is 88.8 Å². The number of rotatable bonds is 9. The second kappa shape index (κ2) is 10.9. The minimum Gasteiger partial charge on any atom is -0.542 e. The molecule has 3 rings (SSSR count). The molecule has 0 aliphatic heterocycles. The Bertz CT molecular complexity index is 968. The first kappa shape index (κ1) is 22.0. The maximum absolute atomic E-state index is 12.0. The smallest absolute Gasteiger partial charge is 0.542 e. The van der Waals surface area contributed by atoms with Gasteiger partial charge in [-0.2, -0.15) is 0 Å². The van der Waals surface area contributed by atoms with E-state index >= 15 is 0 Å². The number of hydrogen-bond acceptors (Lipinski definition) is 6. The first-order valence-corrected chi connectivity index (χ1v) is 8.73. The summed E-state index contributed by atoms with van der Waals surface area (Å²) in [4.78, 5) is 22.8. The third kappa shape index (κ3) is 6.12. The number of ether oxygens (including phenoxy) is 2. The molecule has 2 aromatic carbocycles. The van der Waals surface area contributed by atoms with Gasteiger partial charge in [-0.25, -0.2) is 0 Å². The number of unbranched alkanes of at least 4 members (excludes halogenated alkanes) is 2. The molecule has 0 bridgehead atoms. The van der Waals surface area contributed by atoms with Crippen LogP contribution in [0, 0.1) is 0 Å². The molecule has 0 unspecified atom stereocenters. The number of para-hydroxylation sites is 1. The summed E-state index contributed by atoms with van der Waals surface area (Å²) in [7, 11) is 0. The van der Waals surface area contributed by atoms with Crippen LogP contribution in [0.2, 0.25) is 0 Å². The molecule has 0 aliphatic carbocycles. The Balaban J connectivity index is 0.00000280. The number of benzene rings is 2. The third-order valence-corrected chi connectivity index (χ3v) is 3.97. The van der Waals surface area contributed by atoms with Crippen molar-refractivity contribution < 1.29 is 53.3 Å². The van der Waals surface area contributed by atoms with Gasteiger partial charge in [0, 0.05) is 6.07 Å². The van der Waals surface area contributed by atoms with Gasteiger partial charge in [-0.05, 0) is 49.6 Å². The van der Waals surface area contributed by atoms with E-state index in [0.29, 0.717) is 19.0 Å². The Morgan fingerprint density at radius 2 is 1.57 bits per heavy atom. The van der Waals surface area contributed by atoms with Gasteiger partial charge in [0.15, 0.2) is 11.2 Å². The van der Waals surface area contributed by atoms with Gasteiger partial charge in [0.1, 0.15) is 23.1 Å². The van der Waals surface area contributed by atoms with Crippen molar-refractivity contribution in [2.45, 2.75) is 19.3 Å². The molecule has 28 heavy (non-hydrogen) atoms. The normalized spacial score (nSPS) is 10.3. The van der Waals surface area contributed by atoms with Crippen molar-refractivity contribution in [1.82, 2.24) is 0 Å². The zero-order valence-corrected chi connectivity index (χ0v) is 17.7. The number of aromatic carboxylic acids is 1. The number of carboxylic acids is 1. The van der Waals surface area contributed by atoms with Crippen LogP contribution in [0.25, 0.3) is 11.0 Å². The summed E-state index contributed by atoms with van der Waals surface area (Å²) in [5, 5.41) is 11.1. The number of carbonyl (C=O) groups excluding carboxylic acids is 1. The largest absolute Gasteiger partial charge is 1.00 e. The van der Waals surface area contributed by atoms with Crippen molar-refractivity contribution in [3.8, 4) is 11.5 Å². The Morgan fingerprint density at radius 3 is 2.25 bits per heavy atom. The molecule has 1 aromatic heterocycles. The standard InChI is InChI=1S/C21H20O6.Na/c22-18-14-20(21(23)24)27-19-10-9-16(13-17(18)19)26-12-6-2-5-11-25-15-7-3-1-4-8-15;/h1,3-4,7-10,13-14H,2,5-6,11-12H2,(H,23,24);/q;+1/p-1. The van der Waals surface area contributed by atoms with Crippen molar-refractivity contribution in [1.29, 1.82) is 0 Å². The second-order valence-electron chi connectivity index (χ2n) is 5.99. The fraction of sp³-hybridized carbons (Fsp3) is 0.238. The molecular weight excluding hydrogens is 371 g/mol. The molecule has 0 spiro atoms. The van der Waals surface area contributed by atoms with E-state index in [2.05, 4.69) is 0 Å². The molecule has 0 atom stereocenters. The Hall–Kier alpha value is -2.28. The minimum atomic E-state index is -1.52. The van der Waals surface area contributed by atoms with Crippen molar-refractivity contribution in [3.63, 3.8) is 0 Å². The monoisotopic (exact) mass is 390 g/mol. The Labute approximate surface area is 184 Å². The quantitative estimate of drug-likeness (QED) is 0.371.